The maximum absolute atomic E-state index is 5.89. The van der Waals surface area contributed by atoms with Crippen LogP contribution in [-0.4, -0.2) is 30.2 Å². The maximum Gasteiger partial charge on any atom is 0.131 e. The highest BCUT2D eigenvalue weighted by Crippen LogP contribution is 2.22. The molecule has 1 fully saturated rings. The number of pyridine rings is 1. The van der Waals surface area contributed by atoms with Gasteiger partial charge in [0, 0.05) is 37.1 Å². The van der Waals surface area contributed by atoms with Crippen LogP contribution < -0.4 is 10.2 Å². The molecule has 1 aliphatic heterocycles. The van der Waals surface area contributed by atoms with E-state index in [1.807, 2.05) is 12.1 Å². The van der Waals surface area contributed by atoms with Crippen LogP contribution in [0.4, 0.5) is 5.69 Å². The second-order valence-corrected chi connectivity index (χ2v) is 4.40. The Labute approximate surface area is 95.4 Å². The fraction of sp³-hybridized carbons (Fsp3) is 0.545. The van der Waals surface area contributed by atoms with Crippen molar-refractivity contribution in [3.8, 4) is 0 Å². The molecule has 15 heavy (non-hydrogen) atoms. The van der Waals surface area contributed by atoms with Crippen LogP contribution in [0.3, 0.4) is 0 Å². The Balaban J connectivity index is 2.22. The molecule has 1 N–H and O–H groups in total. The lowest BCUT2D eigenvalue weighted by Gasteiger charge is -2.40. The summed E-state index contributed by atoms with van der Waals surface area (Å²) in [5, 5.41) is 4.02. The van der Waals surface area contributed by atoms with Gasteiger partial charge in [-0.1, -0.05) is 11.6 Å². The van der Waals surface area contributed by atoms with E-state index < -0.39 is 0 Å². The first-order valence-electron chi connectivity index (χ1n) is 5.30. The minimum absolute atomic E-state index is 0.484. The summed E-state index contributed by atoms with van der Waals surface area (Å²) in [6, 6.07) is 4.93. The number of halogens is 1. The Bertz CT molecular complexity index is 342. The van der Waals surface area contributed by atoms with E-state index >= 15 is 0 Å². The number of aromatic nitrogens is 1. The number of anilines is 1. The average molecular weight is 226 g/mol. The molecule has 1 aromatic rings. The highest BCUT2D eigenvalue weighted by atomic mass is 35.5. The number of hydrogen-bond acceptors (Lipinski definition) is 3. The van der Waals surface area contributed by atoms with Crippen LogP contribution in [0, 0.1) is 0 Å². The van der Waals surface area contributed by atoms with Crippen molar-refractivity contribution in [3.63, 3.8) is 0 Å². The van der Waals surface area contributed by atoms with Crippen molar-refractivity contribution in [3.05, 3.63) is 23.5 Å². The highest BCUT2D eigenvalue weighted by Gasteiger charge is 2.24. The van der Waals surface area contributed by atoms with E-state index in [1.165, 1.54) is 0 Å². The third-order valence-corrected chi connectivity index (χ3v) is 3.28. The number of nitrogens with zero attached hydrogens (tertiary/aromatic N) is 2. The summed E-state index contributed by atoms with van der Waals surface area (Å²) in [5.74, 6) is 0. The number of nitrogens with one attached hydrogen (secondary N) is 1. The molecule has 1 saturated heterocycles. The first-order chi connectivity index (χ1) is 7.18. The lowest BCUT2D eigenvalue weighted by Crippen LogP contribution is -2.55. The first-order valence-corrected chi connectivity index (χ1v) is 5.68. The second-order valence-electron chi connectivity index (χ2n) is 4.01. The predicted molar refractivity (Wildman–Crippen MR) is 63.5 cm³/mol. The van der Waals surface area contributed by atoms with Gasteiger partial charge in [0.25, 0.3) is 0 Å². The van der Waals surface area contributed by atoms with E-state index in [-0.39, 0.29) is 0 Å². The van der Waals surface area contributed by atoms with Crippen molar-refractivity contribution in [2.45, 2.75) is 25.9 Å². The number of rotatable bonds is 1. The van der Waals surface area contributed by atoms with Gasteiger partial charge >= 0.3 is 0 Å². The maximum atomic E-state index is 5.89. The molecule has 0 spiro atoms. The molecule has 2 rings (SSSR count). The Morgan fingerprint density at radius 1 is 1.53 bits per heavy atom. The Morgan fingerprint density at radius 3 is 3.07 bits per heavy atom. The summed E-state index contributed by atoms with van der Waals surface area (Å²) < 4.78 is 0. The summed E-state index contributed by atoms with van der Waals surface area (Å²) in [5.41, 5.74) is 1.16. The van der Waals surface area contributed by atoms with Crippen LogP contribution in [0.5, 0.6) is 0 Å². The summed E-state index contributed by atoms with van der Waals surface area (Å²) in [7, 11) is 0. The van der Waals surface area contributed by atoms with Gasteiger partial charge < -0.3 is 10.2 Å². The average Bonchev–Trinajstić information content (AvgIpc) is 2.22. The molecule has 0 saturated carbocycles. The smallest absolute Gasteiger partial charge is 0.131 e. The van der Waals surface area contributed by atoms with Crippen LogP contribution >= 0.6 is 11.6 Å². The van der Waals surface area contributed by atoms with E-state index in [9.17, 15) is 0 Å². The molecule has 1 aliphatic rings. The van der Waals surface area contributed by atoms with E-state index in [4.69, 9.17) is 11.6 Å². The van der Waals surface area contributed by atoms with Gasteiger partial charge in [0.05, 0.1) is 0 Å². The predicted octanol–water partition coefficient (Wildman–Crippen LogP) is 1.92. The molecule has 0 aromatic carbocycles. The van der Waals surface area contributed by atoms with Crippen molar-refractivity contribution in [2.24, 2.45) is 0 Å². The first kappa shape index (κ1) is 10.7. The quantitative estimate of drug-likeness (QED) is 0.741. The lowest BCUT2D eigenvalue weighted by molar-refractivity contribution is 0.404. The van der Waals surface area contributed by atoms with Crippen LogP contribution in [0.2, 0.25) is 5.15 Å². The van der Waals surface area contributed by atoms with Gasteiger partial charge in [0.15, 0.2) is 0 Å². The molecule has 0 amide bonds. The molecule has 0 unspecified atom stereocenters. The molecule has 2 heterocycles. The molecule has 82 valence electrons. The number of hydrogen-bond donors (Lipinski definition) is 1. The monoisotopic (exact) mass is 225 g/mol. The zero-order chi connectivity index (χ0) is 10.8. The Hall–Kier alpha value is -0.800. The normalized spacial score (nSPS) is 26.7. The molecule has 0 aliphatic carbocycles. The fourth-order valence-corrected chi connectivity index (χ4v) is 2.16. The zero-order valence-electron chi connectivity index (χ0n) is 9.07. The molecular formula is C11H16ClN3. The van der Waals surface area contributed by atoms with Crippen molar-refractivity contribution in [1.82, 2.24) is 10.3 Å². The molecule has 4 heteroatoms. The Kier molecular flexibility index (Phi) is 3.12. The number of piperazine rings is 1. The van der Waals surface area contributed by atoms with Gasteiger partial charge in [-0.05, 0) is 26.0 Å². The van der Waals surface area contributed by atoms with Crippen molar-refractivity contribution in [2.75, 3.05) is 18.0 Å². The fourth-order valence-electron chi connectivity index (χ4n) is 1.99. The van der Waals surface area contributed by atoms with Crippen LogP contribution in [0.25, 0.3) is 0 Å². The van der Waals surface area contributed by atoms with Crippen LogP contribution in [0.15, 0.2) is 18.3 Å². The van der Waals surface area contributed by atoms with Crippen molar-refractivity contribution < 1.29 is 0 Å². The van der Waals surface area contributed by atoms with Gasteiger partial charge in [-0.15, -0.1) is 0 Å². The molecular weight excluding hydrogens is 210 g/mol. The van der Waals surface area contributed by atoms with Crippen molar-refractivity contribution >= 4 is 17.3 Å². The molecule has 1 aromatic heterocycles. The third kappa shape index (κ3) is 2.24. The minimum atomic E-state index is 0.484. The Morgan fingerprint density at radius 2 is 2.33 bits per heavy atom. The van der Waals surface area contributed by atoms with Crippen LogP contribution in [0.1, 0.15) is 13.8 Å². The summed E-state index contributed by atoms with van der Waals surface area (Å²) in [6.07, 6.45) is 1.76. The van der Waals surface area contributed by atoms with Crippen LogP contribution in [-0.2, 0) is 0 Å². The largest absolute Gasteiger partial charge is 0.366 e. The van der Waals surface area contributed by atoms with E-state index in [0.717, 1.165) is 18.8 Å². The standard InChI is InChI=1S/C11H16ClN3/c1-8-9(2)15(6-5-13-8)10-3-4-14-11(12)7-10/h3-4,7-9,13H,5-6H2,1-2H3/t8-,9-/m0/s1. The second kappa shape index (κ2) is 4.37. The van der Waals surface area contributed by atoms with E-state index in [2.05, 4.69) is 29.0 Å². The van der Waals surface area contributed by atoms with E-state index in [0.29, 0.717) is 17.2 Å². The molecule has 0 bridgehead atoms. The lowest BCUT2D eigenvalue weighted by atomic mass is 10.1. The highest BCUT2D eigenvalue weighted by molar-refractivity contribution is 6.29. The van der Waals surface area contributed by atoms with Crippen molar-refractivity contribution in [1.29, 1.82) is 0 Å². The zero-order valence-corrected chi connectivity index (χ0v) is 9.83. The summed E-state index contributed by atoms with van der Waals surface area (Å²) in [4.78, 5) is 6.37. The van der Waals surface area contributed by atoms with Gasteiger partial charge in [-0.25, -0.2) is 4.98 Å². The molecule has 2 atom stereocenters. The van der Waals surface area contributed by atoms with Gasteiger partial charge in [0.2, 0.25) is 0 Å². The van der Waals surface area contributed by atoms with E-state index in [1.54, 1.807) is 6.20 Å². The summed E-state index contributed by atoms with van der Waals surface area (Å²) in [6.45, 7) is 6.47. The molecule has 0 radical (unpaired) electrons. The topological polar surface area (TPSA) is 28.2 Å². The molecule has 3 nitrogen and oxygen atoms in total. The van der Waals surface area contributed by atoms with Gasteiger partial charge in [-0.2, -0.15) is 0 Å². The summed E-state index contributed by atoms with van der Waals surface area (Å²) >= 11 is 5.89. The minimum Gasteiger partial charge on any atom is -0.366 e. The third-order valence-electron chi connectivity index (χ3n) is 3.08. The van der Waals surface area contributed by atoms with Gasteiger partial charge in [0.1, 0.15) is 5.15 Å². The SMILES string of the molecule is C[C@@H]1NCCN(c2ccnc(Cl)c2)[C@H]1C. The van der Waals surface area contributed by atoms with Gasteiger partial charge in [-0.3, -0.25) is 0 Å².